The summed E-state index contributed by atoms with van der Waals surface area (Å²) in [4.78, 5) is 12.7. The standard InChI is InChI=1S/C18H28N2O2.ClH/c1-15(8-9-16-6-4-3-5-7-16)20-17(21)18(14-22-2)10-12-19-13-11-18;/h3-7,15,19H,8-14H2,1-2H3,(H,20,21);1H. The summed E-state index contributed by atoms with van der Waals surface area (Å²) in [5.41, 5.74) is 0.957. The fourth-order valence-electron chi connectivity index (χ4n) is 3.10. The van der Waals surface area contributed by atoms with Gasteiger partial charge in [0, 0.05) is 13.2 Å². The van der Waals surface area contributed by atoms with Crippen molar-refractivity contribution in [1.82, 2.24) is 10.6 Å². The van der Waals surface area contributed by atoms with Crippen LogP contribution in [0.15, 0.2) is 30.3 Å². The molecule has 1 heterocycles. The third-order valence-electron chi connectivity index (χ3n) is 4.55. The largest absolute Gasteiger partial charge is 0.384 e. The first-order valence-electron chi connectivity index (χ1n) is 8.21. The summed E-state index contributed by atoms with van der Waals surface area (Å²) in [6.07, 6.45) is 3.63. The highest BCUT2D eigenvalue weighted by Crippen LogP contribution is 2.29. The highest BCUT2D eigenvalue weighted by Gasteiger charge is 2.39. The smallest absolute Gasteiger partial charge is 0.228 e. The van der Waals surface area contributed by atoms with Gasteiger partial charge in [0.25, 0.3) is 0 Å². The van der Waals surface area contributed by atoms with Crippen LogP contribution in [0, 0.1) is 5.41 Å². The molecule has 2 N–H and O–H groups in total. The molecule has 1 unspecified atom stereocenters. The van der Waals surface area contributed by atoms with Gasteiger partial charge in [0.05, 0.1) is 12.0 Å². The molecule has 0 bridgehead atoms. The minimum atomic E-state index is -0.360. The Morgan fingerprint density at radius 3 is 2.57 bits per heavy atom. The molecule has 4 nitrogen and oxygen atoms in total. The summed E-state index contributed by atoms with van der Waals surface area (Å²) in [7, 11) is 1.68. The predicted octanol–water partition coefficient (Wildman–Crippen LogP) is 2.56. The SMILES string of the molecule is COCC1(C(=O)NC(C)CCc2ccccc2)CCNCC1.Cl. The zero-order valence-electron chi connectivity index (χ0n) is 14.1. The van der Waals surface area contributed by atoms with Crippen LogP contribution < -0.4 is 10.6 Å². The molecular formula is C18H29ClN2O2. The Morgan fingerprint density at radius 1 is 1.30 bits per heavy atom. The number of ether oxygens (including phenoxy) is 1. The average Bonchev–Trinajstić information content (AvgIpc) is 2.55. The maximum atomic E-state index is 12.7. The second-order valence-electron chi connectivity index (χ2n) is 6.36. The topological polar surface area (TPSA) is 50.4 Å². The molecule has 0 aromatic heterocycles. The summed E-state index contributed by atoms with van der Waals surface area (Å²) < 4.78 is 5.33. The minimum Gasteiger partial charge on any atom is -0.384 e. The van der Waals surface area contributed by atoms with Crippen LogP contribution in [-0.2, 0) is 16.0 Å². The lowest BCUT2D eigenvalue weighted by Gasteiger charge is -2.36. The summed E-state index contributed by atoms with van der Waals surface area (Å²) >= 11 is 0. The van der Waals surface area contributed by atoms with Crippen LogP contribution in [0.5, 0.6) is 0 Å². The van der Waals surface area contributed by atoms with E-state index in [0.717, 1.165) is 38.8 Å². The normalized spacial score (nSPS) is 17.8. The molecule has 23 heavy (non-hydrogen) atoms. The molecule has 2 rings (SSSR count). The van der Waals surface area contributed by atoms with Crippen molar-refractivity contribution in [2.75, 3.05) is 26.8 Å². The number of aryl methyl sites for hydroxylation is 1. The third kappa shape index (κ3) is 5.79. The van der Waals surface area contributed by atoms with Crippen LogP contribution in [0.4, 0.5) is 0 Å². The van der Waals surface area contributed by atoms with E-state index in [0.29, 0.717) is 6.61 Å². The second kappa shape index (κ2) is 9.91. The van der Waals surface area contributed by atoms with Gasteiger partial charge in [-0.15, -0.1) is 12.4 Å². The van der Waals surface area contributed by atoms with E-state index in [4.69, 9.17) is 4.74 Å². The van der Waals surface area contributed by atoms with E-state index in [9.17, 15) is 4.79 Å². The van der Waals surface area contributed by atoms with Gasteiger partial charge >= 0.3 is 0 Å². The Kier molecular flexibility index (Phi) is 8.59. The number of hydrogen-bond acceptors (Lipinski definition) is 3. The highest BCUT2D eigenvalue weighted by molar-refractivity contribution is 5.85. The van der Waals surface area contributed by atoms with E-state index in [-0.39, 0.29) is 29.8 Å². The van der Waals surface area contributed by atoms with Crippen LogP contribution in [-0.4, -0.2) is 38.8 Å². The van der Waals surface area contributed by atoms with Crippen molar-refractivity contribution >= 4 is 18.3 Å². The molecule has 1 atom stereocenters. The van der Waals surface area contributed by atoms with Gasteiger partial charge in [-0.05, 0) is 51.3 Å². The van der Waals surface area contributed by atoms with Crippen LogP contribution in [0.3, 0.4) is 0 Å². The lowest BCUT2D eigenvalue weighted by Crippen LogP contribution is -2.52. The molecule has 0 aliphatic carbocycles. The molecule has 1 fully saturated rings. The van der Waals surface area contributed by atoms with Crippen molar-refractivity contribution in [1.29, 1.82) is 0 Å². The number of carbonyl (C=O) groups is 1. The van der Waals surface area contributed by atoms with Crippen LogP contribution in [0.2, 0.25) is 0 Å². The molecule has 0 radical (unpaired) electrons. The quantitative estimate of drug-likeness (QED) is 0.802. The third-order valence-corrected chi connectivity index (χ3v) is 4.55. The van der Waals surface area contributed by atoms with Crippen LogP contribution in [0.25, 0.3) is 0 Å². The van der Waals surface area contributed by atoms with Crippen LogP contribution >= 0.6 is 12.4 Å². The fraction of sp³-hybridized carbons (Fsp3) is 0.611. The van der Waals surface area contributed by atoms with E-state index >= 15 is 0 Å². The first kappa shape index (κ1) is 19.9. The molecule has 130 valence electrons. The number of piperidine rings is 1. The van der Waals surface area contributed by atoms with Gasteiger partial charge in [-0.1, -0.05) is 30.3 Å². The Bertz CT molecular complexity index is 456. The van der Waals surface area contributed by atoms with Gasteiger partial charge in [-0.25, -0.2) is 0 Å². The molecular weight excluding hydrogens is 312 g/mol. The highest BCUT2D eigenvalue weighted by atomic mass is 35.5. The van der Waals surface area contributed by atoms with Crippen LogP contribution in [0.1, 0.15) is 31.7 Å². The minimum absolute atomic E-state index is 0. The molecule has 1 aromatic rings. The lowest BCUT2D eigenvalue weighted by molar-refractivity contribution is -0.136. The molecule has 1 aromatic carbocycles. The summed E-state index contributed by atoms with van der Waals surface area (Å²) in [6, 6.07) is 10.6. The van der Waals surface area contributed by atoms with Crippen molar-refractivity contribution in [2.45, 2.75) is 38.6 Å². The fourth-order valence-corrected chi connectivity index (χ4v) is 3.10. The van der Waals surface area contributed by atoms with Crippen molar-refractivity contribution in [3.8, 4) is 0 Å². The Labute approximate surface area is 145 Å². The molecule has 0 saturated carbocycles. The van der Waals surface area contributed by atoms with Gasteiger partial charge < -0.3 is 15.4 Å². The number of rotatable bonds is 7. The van der Waals surface area contributed by atoms with E-state index < -0.39 is 0 Å². The van der Waals surface area contributed by atoms with E-state index in [1.165, 1.54) is 5.56 Å². The Morgan fingerprint density at radius 2 is 1.96 bits per heavy atom. The van der Waals surface area contributed by atoms with Crippen molar-refractivity contribution < 1.29 is 9.53 Å². The number of halogens is 1. The van der Waals surface area contributed by atoms with E-state index in [1.54, 1.807) is 7.11 Å². The van der Waals surface area contributed by atoms with Crippen molar-refractivity contribution in [3.63, 3.8) is 0 Å². The van der Waals surface area contributed by atoms with Gasteiger partial charge in [-0.2, -0.15) is 0 Å². The molecule has 1 aliphatic heterocycles. The van der Waals surface area contributed by atoms with E-state index in [2.05, 4.69) is 41.8 Å². The van der Waals surface area contributed by atoms with Gasteiger partial charge in [0.1, 0.15) is 0 Å². The molecule has 5 heteroatoms. The maximum absolute atomic E-state index is 12.7. The summed E-state index contributed by atoms with van der Waals surface area (Å²) in [5, 5.41) is 6.52. The predicted molar refractivity (Wildman–Crippen MR) is 96.0 cm³/mol. The van der Waals surface area contributed by atoms with Gasteiger partial charge in [0.15, 0.2) is 0 Å². The number of carbonyl (C=O) groups excluding carboxylic acids is 1. The number of hydrogen-bond donors (Lipinski definition) is 2. The first-order valence-corrected chi connectivity index (χ1v) is 8.21. The second-order valence-corrected chi connectivity index (χ2v) is 6.36. The first-order chi connectivity index (χ1) is 10.7. The maximum Gasteiger partial charge on any atom is 0.228 e. The summed E-state index contributed by atoms with van der Waals surface area (Å²) in [6.45, 7) is 4.36. The molecule has 1 amide bonds. The average molecular weight is 341 g/mol. The Balaban J connectivity index is 0.00000264. The number of methoxy groups -OCH3 is 1. The molecule has 1 aliphatic rings. The zero-order valence-corrected chi connectivity index (χ0v) is 15.0. The van der Waals surface area contributed by atoms with Gasteiger partial charge in [0.2, 0.25) is 5.91 Å². The lowest BCUT2D eigenvalue weighted by atomic mass is 9.78. The summed E-state index contributed by atoms with van der Waals surface area (Å²) in [5.74, 6) is 0.149. The monoisotopic (exact) mass is 340 g/mol. The molecule has 1 saturated heterocycles. The van der Waals surface area contributed by atoms with E-state index in [1.807, 2.05) is 6.07 Å². The number of benzene rings is 1. The van der Waals surface area contributed by atoms with Crippen molar-refractivity contribution in [2.24, 2.45) is 5.41 Å². The zero-order chi connectivity index (χ0) is 15.8. The Hall–Kier alpha value is -1.10. The molecule has 0 spiro atoms. The van der Waals surface area contributed by atoms with Crippen molar-refractivity contribution in [3.05, 3.63) is 35.9 Å². The number of nitrogens with one attached hydrogen (secondary N) is 2. The number of amides is 1. The van der Waals surface area contributed by atoms with Gasteiger partial charge in [-0.3, -0.25) is 4.79 Å².